The number of nitrogens with one attached hydrogen (secondary N) is 1. The van der Waals surface area contributed by atoms with E-state index in [-0.39, 0.29) is 0 Å². The third-order valence-corrected chi connectivity index (χ3v) is 4.54. The molecule has 3 aromatic heterocycles. The van der Waals surface area contributed by atoms with E-state index >= 15 is 0 Å². The van der Waals surface area contributed by atoms with Gasteiger partial charge in [-0.05, 0) is 46.8 Å². The standard InChI is InChI=1S/C15H20N6O/c1-9-13(10(2)22-19-9)14-17-12-8-16-21(15(12)18-14)11-4-6-20(3)7-5-11/h8,11H,4-7H2,1-3H3,(H,17,18). The van der Waals surface area contributed by atoms with Crippen molar-refractivity contribution in [2.24, 2.45) is 0 Å². The average Bonchev–Trinajstić information content (AvgIpc) is 3.14. The summed E-state index contributed by atoms with van der Waals surface area (Å²) in [5.41, 5.74) is 3.69. The second-order valence-corrected chi connectivity index (χ2v) is 6.15. The molecule has 4 rings (SSSR count). The summed E-state index contributed by atoms with van der Waals surface area (Å²) in [4.78, 5) is 10.5. The van der Waals surface area contributed by atoms with Crippen LogP contribution in [-0.2, 0) is 0 Å². The topological polar surface area (TPSA) is 75.8 Å². The molecule has 1 aliphatic rings. The summed E-state index contributed by atoms with van der Waals surface area (Å²) in [6.45, 7) is 6.05. The molecule has 7 nitrogen and oxygen atoms in total. The van der Waals surface area contributed by atoms with Crippen LogP contribution < -0.4 is 0 Å². The molecule has 0 unspecified atom stereocenters. The van der Waals surface area contributed by atoms with Crippen molar-refractivity contribution < 1.29 is 4.52 Å². The van der Waals surface area contributed by atoms with Crippen LogP contribution in [0.15, 0.2) is 10.7 Å². The van der Waals surface area contributed by atoms with Gasteiger partial charge < -0.3 is 14.4 Å². The van der Waals surface area contributed by atoms with Crippen molar-refractivity contribution >= 4 is 11.2 Å². The summed E-state index contributed by atoms with van der Waals surface area (Å²) in [7, 11) is 2.17. The maximum Gasteiger partial charge on any atom is 0.177 e. The monoisotopic (exact) mass is 300 g/mol. The number of aromatic amines is 1. The van der Waals surface area contributed by atoms with Gasteiger partial charge in [0.15, 0.2) is 5.65 Å². The van der Waals surface area contributed by atoms with Gasteiger partial charge >= 0.3 is 0 Å². The highest BCUT2D eigenvalue weighted by molar-refractivity contribution is 5.77. The van der Waals surface area contributed by atoms with Crippen LogP contribution in [-0.4, -0.2) is 49.9 Å². The number of fused-ring (bicyclic) bond motifs is 1. The largest absolute Gasteiger partial charge is 0.361 e. The maximum atomic E-state index is 5.24. The van der Waals surface area contributed by atoms with E-state index < -0.39 is 0 Å². The molecule has 0 radical (unpaired) electrons. The number of nitrogens with zero attached hydrogens (tertiary/aromatic N) is 5. The summed E-state index contributed by atoms with van der Waals surface area (Å²) in [5, 5.41) is 8.54. The van der Waals surface area contributed by atoms with Crippen LogP contribution >= 0.6 is 0 Å². The fourth-order valence-corrected chi connectivity index (χ4v) is 3.26. The average molecular weight is 300 g/mol. The minimum atomic E-state index is 0.425. The zero-order valence-electron chi connectivity index (χ0n) is 13.1. The first kappa shape index (κ1) is 13.5. The Morgan fingerprint density at radius 1 is 1.27 bits per heavy atom. The molecule has 0 bridgehead atoms. The Morgan fingerprint density at radius 3 is 2.73 bits per heavy atom. The second-order valence-electron chi connectivity index (χ2n) is 6.15. The van der Waals surface area contributed by atoms with E-state index in [1.165, 1.54) is 0 Å². The van der Waals surface area contributed by atoms with Crippen LogP contribution in [0.25, 0.3) is 22.6 Å². The molecule has 0 spiro atoms. The van der Waals surface area contributed by atoms with E-state index in [9.17, 15) is 0 Å². The normalized spacial score (nSPS) is 17.6. The minimum Gasteiger partial charge on any atom is -0.361 e. The molecule has 1 fully saturated rings. The summed E-state index contributed by atoms with van der Waals surface area (Å²) in [6, 6.07) is 0.425. The quantitative estimate of drug-likeness (QED) is 0.786. The smallest absolute Gasteiger partial charge is 0.177 e. The lowest BCUT2D eigenvalue weighted by molar-refractivity contribution is 0.215. The summed E-state index contributed by atoms with van der Waals surface area (Å²) < 4.78 is 7.31. The molecular formula is C15H20N6O. The van der Waals surface area contributed by atoms with E-state index in [0.717, 1.165) is 59.9 Å². The SMILES string of the molecule is Cc1noc(C)c1-c1nc2c(cnn2C2CCN(C)CC2)[nH]1. The molecule has 7 heteroatoms. The van der Waals surface area contributed by atoms with Gasteiger partial charge in [-0.25, -0.2) is 9.67 Å². The van der Waals surface area contributed by atoms with Gasteiger partial charge in [0.1, 0.15) is 17.1 Å². The molecule has 22 heavy (non-hydrogen) atoms. The first-order valence-electron chi connectivity index (χ1n) is 7.68. The fraction of sp³-hybridized carbons (Fsp3) is 0.533. The van der Waals surface area contributed by atoms with Crippen LogP contribution in [0.2, 0.25) is 0 Å². The van der Waals surface area contributed by atoms with Gasteiger partial charge in [0.25, 0.3) is 0 Å². The Labute approximate surface area is 128 Å². The zero-order valence-corrected chi connectivity index (χ0v) is 13.1. The molecule has 0 amide bonds. The van der Waals surface area contributed by atoms with Crippen LogP contribution in [0.5, 0.6) is 0 Å². The molecule has 0 saturated carbocycles. The lowest BCUT2D eigenvalue weighted by Crippen LogP contribution is -2.31. The van der Waals surface area contributed by atoms with Crippen LogP contribution in [0.1, 0.15) is 30.3 Å². The van der Waals surface area contributed by atoms with Gasteiger partial charge in [-0.2, -0.15) is 5.10 Å². The molecule has 116 valence electrons. The number of hydrogen-bond acceptors (Lipinski definition) is 5. The van der Waals surface area contributed by atoms with Gasteiger partial charge in [0.2, 0.25) is 0 Å². The van der Waals surface area contributed by atoms with Crippen molar-refractivity contribution in [3.05, 3.63) is 17.7 Å². The Morgan fingerprint density at radius 2 is 2.05 bits per heavy atom. The zero-order chi connectivity index (χ0) is 15.3. The predicted octanol–water partition coefficient (Wildman–Crippen LogP) is 2.30. The van der Waals surface area contributed by atoms with Crippen LogP contribution in [0.4, 0.5) is 0 Å². The highest BCUT2D eigenvalue weighted by Crippen LogP contribution is 2.29. The van der Waals surface area contributed by atoms with E-state index in [4.69, 9.17) is 9.51 Å². The molecule has 3 aromatic rings. The van der Waals surface area contributed by atoms with Gasteiger partial charge in [-0.1, -0.05) is 5.16 Å². The van der Waals surface area contributed by atoms with Crippen LogP contribution in [0.3, 0.4) is 0 Å². The third-order valence-electron chi connectivity index (χ3n) is 4.54. The Bertz CT molecular complexity index is 786. The fourth-order valence-electron chi connectivity index (χ4n) is 3.26. The Kier molecular flexibility index (Phi) is 3.04. The molecule has 1 N–H and O–H groups in total. The first-order valence-corrected chi connectivity index (χ1v) is 7.68. The summed E-state index contributed by atoms with van der Waals surface area (Å²) in [5.74, 6) is 1.60. The van der Waals surface area contributed by atoms with Crippen LogP contribution in [0, 0.1) is 13.8 Å². The van der Waals surface area contributed by atoms with E-state index in [1.807, 2.05) is 20.0 Å². The highest BCUT2D eigenvalue weighted by Gasteiger charge is 2.23. The third kappa shape index (κ3) is 2.04. The predicted molar refractivity (Wildman–Crippen MR) is 82.6 cm³/mol. The van der Waals surface area contributed by atoms with Gasteiger partial charge in [-0.15, -0.1) is 0 Å². The van der Waals surface area contributed by atoms with Crippen molar-refractivity contribution in [1.82, 2.24) is 29.8 Å². The first-order chi connectivity index (χ1) is 10.6. The molecule has 0 atom stereocenters. The second kappa shape index (κ2) is 4.95. The number of likely N-dealkylation sites (tertiary alicyclic amines) is 1. The molecule has 1 aliphatic heterocycles. The van der Waals surface area contributed by atoms with Crippen molar-refractivity contribution in [3.8, 4) is 11.4 Å². The summed E-state index contributed by atoms with van der Waals surface area (Å²) in [6.07, 6.45) is 4.09. The van der Waals surface area contributed by atoms with Gasteiger partial charge in [0.05, 0.1) is 23.5 Å². The number of piperidine rings is 1. The van der Waals surface area contributed by atoms with Gasteiger partial charge in [-0.3, -0.25) is 0 Å². The molecular weight excluding hydrogens is 280 g/mol. The van der Waals surface area contributed by atoms with Crippen molar-refractivity contribution in [1.29, 1.82) is 0 Å². The molecule has 0 aliphatic carbocycles. The number of rotatable bonds is 2. The number of aromatic nitrogens is 5. The molecule has 1 saturated heterocycles. The van der Waals surface area contributed by atoms with Crippen molar-refractivity contribution in [3.63, 3.8) is 0 Å². The maximum absolute atomic E-state index is 5.24. The number of H-pyrrole nitrogens is 1. The number of aryl methyl sites for hydroxylation is 2. The lowest BCUT2D eigenvalue weighted by Gasteiger charge is -2.28. The van der Waals surface area contributed by atoms with Gasteiger partial charge in [0, 0.05) is 0 Å². The van der Waals surface area contributed by atoms with E-state index in [2.05, 4.69) is 31.9 Å². The van der Waals surface area contributed by atoms with Crippen molar-refractivity contribution in [2.75, 3.05) is 20.1 Å². The Balaban J connectivity index is 1.74. The number of hydrogen-bond donors (Lipinski definition) is 1. The van der Waals surface area contributed by atoms with E-state index in [1.54, 1.807) is 0 Å². The lowest BCUT2D eigenvalue weighted by atomic mass is 10.1. The molecule has 4 heterocycles. The Hall–Kier alpha value is -2.15. The molecule has 0 aromatic carbocycles. The highest BCUT2D eigenvalue weighted by atomic mass is 16.5. The summed E-state index contributed by atoms with van der Waals surface area (Å²) >= 11 is 0. The van der Waals surface area contributed by atoms with E-state index in [0.29, 0.717) is 6.04 Å². The van der Waals surface area contributed by atoms with Crippen molar-refractivity contribution in [2.45, 2.75) is 32.7 Å². The number of imidazole rings is 1. The minimum absolute atomic E-state index is 0.425.